The summed E-state index contributed by atoms with van der Waals surface area (Å²) in [6.45, 7) is 14.0. The number of aromatic nitrogens is 1. The fourth-order valence-corrected chi connectivity index (χ4v) is 8.19. The van der Waals surface area contributed by atoms with Crippen molar-refractivity contribution >= 4 is 28.4 Å². The third-order valence-corrected chi connectivity index (χ3v) is 11.0. The highest BCUT2D eigenvalue weighted by Gasteiger charge is 2.60. The van der Waals surface area contributed by atoms with Crippen LogP contribution in [-0.4, -0.2) is 52.3 Å². The quantitative estimate of drug-likeness (QED) is 0.211. The molecule has 3 aromatic carbocycles. The summed E-state index contributed by atoms with van der Waals surface area (Å²) in [5.74, 6) is -0.372. The Morgan fingerprint density at radius 2 is 1.61 bits per heavy atom. The van der Waals surface area contributed by atoms with Crippen molar-refractivity contribution in [1.29, 1.82) is 0 Å². The molecule has 2 fully saturated rings. The largest absolute Gasteiger partial charge is 0.358 e. The van der Waals surface area contributed by atoms with Crippen LogP contribution in [0.1, 0.15) is 72.5 Å². The van der Waals surface area contributed by atoms with Crippen LogP contribution in [-0.2, 0) is 16.1 Å². The average molecular weight is 623 g/mol. The number of anilines is 1. The summed E-state index contributed by atoms with van der Waals surface area (Å²) in [7, 11) is 2.04. The van der Waals surface area contributed by atoms with Crippen molar-refractivity contribution in [2.75, 3.05) is 25.5 Å². The van der Waals surface area contributed by atoms with E-state index in [2.05, 4.69) is 66.3 Å². The van der Waals surface area contributed by atoms with Crippen molar-refractivity contribution in [3.05, 3.63) is 100.0 Å². The number of nitrogens with one attached hydrogen (secondary N) is 2. The van der Waals surface area contributed by atoms with Crippen LogP contribution in [0.25, 0.3) is 10.9 Å². The third-order valence-electron chi connectivity index (χ3n) is 11.0. The Hall–Kier alpha value is -3.97. The molecule has 7 heteroatoms. The molecule has 2 heterocycles. The number of hydrogen-bond acceptors (Lipinski definition) is 3. The lowest BCUT2D eigenvalue weighted by Crippen LogP contribution is -2.63. The van der Waals surface area contributed by atoms with Gasteiger partial charge >= 0.3 is 0 Å². The van der Waals surface area contributed by atoms with Gasteiger partial charge in [-0.1, -0.05) is 67.9 Å². The molecule has 6 rings (SSSR count). The molecule has 46 heavy (non-hydrogen) atoms. The molecule has 2 atom stereocenters. The molecule has 4 aromatic rings. The van der Waals surface area contributed by atoms with E-state index < -0.39 is 5.54 Å². The minimum atomic E-state index is -1.12. The van der Waals surface area contributed by atoms with Crippen molar-refractivity contribution in [3.8, 4) is 0 Å². The molecule has 1 aliphatic carbocycles. The molecule has 242 valence electrons. The van der Waals surface area contributed by atoms with Gasteiger partial charge < -0.3 is 20.1 Å². The van der Waals surface area contributed by atoms with Crippen LogP contribution < -0.4 is 5.32 Å². The Kier molecular flexibility index (Phi) is 8.34. The van der Waals surface area contributed by atoms with E-state index in [-0.39, 0.29) is 41.4 Å². The number of carbonyl (C=O) groups excluding carboxylic acids is 2. The van der Waals surface area contributed by atoms with Gasteiger partial charge in [0.05, 0.1) is 0 Å². The van der Waals surface area contributed by atoms with Gasteiger partial charge in [-0.05, 0) is 93.7 Å². The van der Waals surface area contributed by atoms with Gasteiger partial charge in [0.25, 0.3) is 0 Å². The number of benzene rings is 3. The minimum absolute atomic E-state index is 0.0401. The summed E-state index contributed by atoms with van der Waals surface area (Å²) >= 11 is 0. The van der Waals surface area contributed by atoms with Crippen molar-refractivity contribution in [2.45, 2.75) is 78.8 Å². The topological polar surface area (TPSA) is 68.4 Å². The predicted molar refractivity (Wildman–Crippen MR) is 183 cm³/mol. The van der Waals surface area contributed by atoms with Gasteiger partial charge in [0.1, 0.15) is 11.4 Å². The summed E-state index contributed by atoms with van der Waals surface area (Å²) in [4.78, 5) is 36.9. The summed E-state index contributed by atoms with van der Waals surface area (Å²) < 4.78 is 15.2. The lowest BCUT2D eigenvalue weighted by atomic mass is 9.83. The fourth-order valence-electron chi connectivity index (χ4n) is 8.19. The Morgan fingerprint density at radius 1 is 0.978 bits per heavy atom. The number of aryl methyl sites for hydroxylation is 4. The van der Waals surface area contributed by atoms with E-state index in [0.717, 1.165) is 33.6 Å². The zero-order valence-corrected chi connectivity index (χ0v) is 28.3. The first-order valence-corrected chi connectivity index (χ1v) is 16.5. The number of nitrogens with zero attached hydrogens (tertiary/aromatic N) is 2. The van der Waals surface area contributed by atoms with E-state index in [1.807, 2.05) is 33.9 Å². The molecule has 0 radical (unpaired) electrons. The normalized spacial score (nSPS) is 20.4. The predicted octanol–water partition coefficient (Wildman–Crippen LogP) is 7.80. The van der Waals surface area contributed by atoms with Crippen molar-refractivity contribution in [1.82, 2.24) is 14.8 Å². The number of likely N-dealkylation sites (tertiary alicyclic amines) is 1. The number of rotatable bonds is 8. The van der Waals surface area contributed by atoms with Gasteiger partial charge in [-0.25, -0.2) is 4.39 Å². The van der Waals surface area contributed by atoms with Gasteiger partial charge in [0.15, 0.2) is 0 Å². The molecular formula is C39H47FN4O2. The van der Waals surface area contributed by atoms with Crippen LogP contribution in [0.2, 0.25) is 0 Å². The highest BCUT2D eigenvalue weighted by atomic mass is 19.1. The number of aromatic amines is 1. The molecule has 1 aliphatic heterocycles. The van der Waals surface area contributed by atoms with E-state index in [0.29, 0.717) is 37.9 Å². The number of para-hydroxylation sites is 1. The molecule has 0 spiro atoms. The summed E-state index contributed by atoms with van der Waals surface area (Å²) in [6.07, 6.45) is 1.23. The number of hydrogen-bond donors (Lipinski definition) is 2. The van der Waals surface area contributed by atoms with Gasteiger partial charge in [-0.15, -0.1) is 0 Å². The van der Waals surface area contributed by atoms with Gasteiger partial charge in [0, 0.05) is 53.9 Å². The maximum Gasteiger partial charge on any atom is 0.250 e. The summed E-state index contributed by atoms with van der Waals surface area (Å²) in [6, 6.07) is 19.1. The lowest BCUT2D eigenvalue weighted by Gasteiger charge is -2.47. The second-order valence-electron chi connectivity index (χ2n) is 14.5. The first-order chi connectivity index (χ1) is 21.8. The number of amides is 2. The highest BCUT2D eigenvalue weighted by Crippen LogP contribution is 2.67. The Balaban J connectivity index is 1.38. The molecule has 1 saturated carbocycles. The summed E-state index contributed by atoms with van der Waals surface area (Å²) in [5.41, 5.74) is 6.58. The van der Waals surface area contributed by atoms with Gasteiger partial charge in [-0.3, -0.25) is 9.59 Å². The minimum Gasteiger partial charge on any atom is -0.358 e. The number of carbonyl (C=O) groups is 2. The first-order valence-electron chi connectivity index (χ1n) is 16.5. The van der Waals surface area contributed by atoms with Crippen LogP contribution in [0.3, 0.4) is 0 Å². The molecule has 1 aromatic heterocycles. The van der Waals surface area contributed by atoms with Crippen LogP contribution in [0.15, 0.2) is 60.7 Å². The van der Waals surface area contributed by atoms with Crippen molar-refractivity contribution in [3.63, 3.8) is 0 Å². The molecule has 6 nitrogen and oxygen atoms in total. The third kappa shape index (κ3) is 5.63. The zero-order valence-electron chi connectivity index (χ0n) is 28.3. The van der Waals surface area contributed by atoms with E-state index >= 15 is 4.39 Å². The van der Waals surface area contributed by atoms with Crippen LogP contribution >= 0.6 is 0 Å². The van der Waals surface area contributed by atoms with Gasteiger partial charge in [-0.2, -0.15) is 0 Å². The Labute approximate surface area is 272 Å². The van der Waals surface area contributed by atoms with E-state index in [1.54, 1.807) is 23.1 Å². The highest BCUT2D eigenvalue weighted by molar-refractivity contribution is 6.02. The second-order valence-corrected chi connectivity index (χ2v) is 14.5. The maximum atomic E-state index is 15.2. The number of halogens is 1. The van der Waals surface area contributed by atoms with Gasteiger partial charge in [0.2, 0.25) is 11.8 Å². The number of piperidine rings is 1. The second kappa shape index (κ2) is 12.0. The van der Waals surface area contributed by atoms with Crippen LogP contribution in [0.5, 0.6) is 0 Å². The molecule has 2 aliphatic rings. The van der Waals surface area contributed by atoms with E-state index in [9.17, 15) is 9.59 Å². The van der Waals surface area contributed by atoms with Crippen molar-refractivity contribution in [2.24, 2.45) is 11.3 Å². The Morgan fingerprint density at radius 3 is 2.28 bits per heavy atom. The molecular weight excluding hydrogens is 575 g/mol. The Bertz CT molecular complexity index is 1780. The van der Waals surface area contributed by atoms with E-state index in [1.165, 1.54) is 17.0 Å². The monoisotopic (exact) mass is 622 g/mol. The molecule has 2 unspecified atom stereocenters. The van der Waals surface area contributed by atoms with Crippen LogP contribution in [0, 0.1) is 44.8 Å². The SMILES string of the molecule is Cc1cc(C)c(NC(=O)C2(N(Cc3ccccc3F)C(=O)CC3C(c4c(C)[nH]c5ccccc45)C3(C)C)CCN(C)CC2)c(C)c1. The molecule has 2 amide bonds. The first kappa shape index (κ1) is 32.0. The molecule has 1 saturated heterocycles. The van der Waals surface area contributed by atoms with Crippen molar-refractivity contribution < 1.29 is 14.0 Å². The smallest absolute Gasteiger partial charge is 0.250 e. The zero-order chi connectivity index (χ0) is 33.0. The number of fused-ring (bicyclic) bond motifs is 1. The maximum absolute atomic E-state index is 15.2. The number of H-pyrrole nitrogens is 1. The summed E-state index contributed by atoms with van der Waals surface area (Å²) in [5, 5.41) is 4.46. The fraction of sp³-hybridized carbons (Fsp3) is 0.436. The molecule has 2 N–H and O–H groups in total. The van der Waals surface area contributed by atoms with Crippen LogP contribution in [0.4, 0.5) is 10.1 Å². The van der Waals surface area contributed by atoms with E-state index in [4.69, 9.17) is 0 Å². The molecule has 0 bridgehead atoms. The lowest BCUT2D eigenvalue weighted by molar-refractivity contribution is -0.150. The standard InChI is InChI=1S/C39H47FN4O2/c1-24-20-25(2)36(26(3)21-24)42-37(46)39(16-18-43(7)19-17-39)44(23-28-12-8-10-14-31(28)40)33(45)22-30-35(38(30,5)6)34-27(4)41-32-15-11-9-13-29(32)34/h8-15,20-21,30,35,41H,16-19,22-23H2,1-7H3,(H,42,46). The average Bonchev–Trinajstić information content (AvgIpc) is 3.35.